The minimum atomic E-state index is -4.34. The largest absolute Gasteiger partial charge is 0.482 e. The number of hydrogen-bond acceptors (Lipinski definition) is 5. The summed E-state index contributed by atoms with van der Waals surface area (Å²) in [5, 5.41) is 0. The van der Waals surface area contributed by atoms with E-state index in [9.17, 15) is 18.0 Å². The molecule has 40 heavy (non-hydrogen) atoms. The number of benzene rings is 3. The zero-order valence-corrected chi connectivity index (χ0v) is 23.7. The topological polar surface area (TPSA) is 38.8 Å². The summed E-state index contributed by atoms with van der Waals surface area (Å²) in [6, 6.07) is 17.9. The SMILES string of the molecule is CCOC(=O)COc1ccc(SN2Cc3cc(-c4ccc(C(F)(F)F)cc4)ccc3C3(CCCCC3)C2)cc1C. The highest BCUT2D eigenvalue weighted by Crippen LogP contribution is 2.47. The van der Waals surface area contributed by atoms with Crippen LogP contribution in [-0.2, 0) is 27.7 Å². The minimum absolute atomic E-state index is 0.0786. The van der Waals surface area contributed by atoms with E-state index in [4.69, 9.17) is 9.47 Å². The van der Waals surface area contributed by atoms with Crippen LogP contribution in [0.25, 0.3) is 11.1 Å². The Balaban J connectivity index is 1.37. The smallest absolute Gasteiger partial charge is 0.416 e. The number of ether oxygens (including phenoxy) is 2. The van der Waals surface area contributed by atoms with Gasteiger partial charge >= 0.3 is 12.1 Å². The van der Waals surface area contributed by atoms with Crippen molar-refractivity contribution in [1.82, 2.24) is 4.31 Å². The average Bonchev–Trinajstić information content (AvgIpc) is 2.92. The van der Waals surface area contributed by atoms with Gasteiger partial charge < -0.3 is 9.47 Å². The van der Waals surface area contributed by atoms with E-state index in [0.29, 0.717) is 12.4 Å². The number of carbonyl (C=O) groups is 1. The molecule has 0 atom stereocenters. The van der Waals surface area contributed by atoms with Crippen LogP contribution in [0.15, 0.2) is 65.6 Å². The van der Waals surface area contributed by atoms with Gasteiger partial charge in [0.25, 0.3) is 0 Å². The quantitative estimate of drug-likeness (QED) is 0.211. The van der Waals surface area contributed by atoms with Gasteiger partial charge in [0.2, 0.25) is 0 Å². The lowest BCUT2D eigenvalue weighted by molar-refractivity contribution is -0.145. The molecule has 212 valence electrons. The normalized spacial score (nSPS) is 16.9. The van der Waals surface area contributed by atoms with Gasteiger partial charge in [-0.3, -0.25) is 0 Å². The predicted octanol–water partition coefficient (Wildman–Crippen LogP) is 8.35. The van der Waals surface area contributed by atoms with E-state index < -0.39 is 11.7 Å². The van der Waals surface area contributed by atoms with Gasteiger partial charge in [-0.2, -0.15) is 13.2 Å². The van der Waals surface area contributed by atoms with Gasteiger partial charge in [-0.1, -0.05) is 43.5 Å². The third-order valence-electron chi connectivity index (χ3n) is 7.89. The molecular formula is C32H34F3NO3S. The maximum Gasteiger partial charge on any atom is 0.416 e. The molecule has 1 aliphatic carbocycles. The summed E-state index contributed by atoms with van der Waals surface area (Å²) in [5.74, 6) is 0.270. The number of fused-ring (bicyclic) bond motifs is 2. The molecule has 1 heterocycles. The Kier molecular flexibility index (Phi) is 8.47. The first-order valence-electron chi connectivity index (χ1n) is 13.8. The first kappa shape index (κ1) is 28.6. The van der Waals surface area contributed by atoms with E-state index in [-0.39, 0.29) is 18.0 Å². The molecule has 0 unspecified atom stereocenters. The fraction of sp³-hybridized carbons (Fsp3) is 0.406. The van der Waals surface area contributed by atoms with E-state index in [2.05, 4.69) is 28.6 Å². The predicted molar refractivity (Wildman–Crippen MR) is 151 cm³/mol. The lowest BCUT2D eigenvalue weighted by Gasteiger charge is -2.46. The molecule has 5 rings (SSSR count). The molecule has 0 N–H and O–H groups in total. The minimum Gasteiger partial charge on any atom is -0.482 e. The molecular weight excluding hydrogens is 535 g/mol. The third-order valence-corrected chi connectivity index (χ3v) is 8.87. The van der Waals surface area contributed by atoms with Crippen molar-refractivity contribution in [2.24, 2.45) is 0 Å². The van der Waals surface area contributed by atoms with Gasteiger partial charge in [0.1, 0.15) is 5.75 Å². The number of halogens is 3. The van der Waals surface area contributed by atoms with Crippen LogP contribution in [0.3, 0.4) is 0 Å². The van der Waals surface area contributed by atoms with Crippen molar-refractivity contribution in [3.8, 4) is 16.9 Å². The molecule has 0 saturated heterocycles. The molecule has 0 bridgehead atoms. The highest BCUT2D eigenvalue weighted by molar-refractivity contribution is 7.97. The zero-order chi connectivity index (χ0) is 28.3. The molecule has 1 fully saturated rings. The number of nitrogens with zero attached hydrogens (tertiary/aromatic N) is 1. The Morgan fingerprint density at radius 1 is 0.975 bits per heavy atom. The van der Waals surface area contributed by atoms with Gasteiger partial charge in [-0.25, -0.2) is 9.10 Å². The van der Waals surface area contributed by atoms with Crippen LogP contribution < -0.4 is 4.74 Å². The Morgan fingerprint density at radius 2 is 1.70 bits per heavy atom. The van der Waals surface area contributed by atoms with E-state index in [1.165, 1.54) is 30.4 Å². The van der Waals surface area contributed by atoms with Crippen LogP contribution >= 0.6 is 11.9 Å². The number of aryl methyl sites for hydroxylation is 1. The van der Waals surface area contributed by atoms with Gasteiger partial charge in [0.05, 0.1) is 12.2 Å². The van der Waals surface area contributed by atoms with Crippen LogP contribution in [0.2, 0.25) is 0 Å². The van der Waals surface area contributed by atoms with E-state index in [0.717, 1.165) is 59.6 Å². The van der Waals surface area contributed by atoms with Crippen molar-refractivity contribution in [2.45, 2.75) is 69.0 Å². The fourth-order valence-corrected chi connectivity index (χ4v) is 7.16. The molecule has 0 amide bonds. The molecule has 3 aromatic rings. The zero-order valence-electron chi connectivity index (χ0n) is 22.9. The van der Waals surface area contributed by atoms with Crippen molar-refractivity contribution in [3.05, 3.63) is 82.9 Å². The number of hydrogen-bond donors (Lipinski definition) is 0. The Morgan fingerprint density at radius 3 is 2.38 bits per heavy atom. The summed E-state index contributed by atoms with van der Waals surface area (Å²) in [6.07, 6.45) is 1.57. The molecule has 4 nitrogen and oxygen atoms in total. The summed E-state index contributed by atoms with van der Waals surface area (Å²) in [7, 11) is 0. The van der Waals surface area contributed by atoms with Crippen molar-refractivity contribution < 1.29 is 27.4 Å². The molecule has 1 spiro atoms. The van der Waals surface area contributed by atoms with Gasteiger partial charge in [-0.05, 0) is 103 Å². The maximum absolute atomic E-state index is 13.1. The molecule has 2 aliphatic rings. The van der Waals surface area contributed by atoms with Crippen LogP contribution in [0, 0.1) is 6.92 Å². The van der Waals surface area contributed by atoms with Crippen molar-refractivity contribution in [2.75, 3.05) is 19.8 Å². The Bertz CT molecular complexity index is 1350. The lowest BCUT2D eigenvalue weighted by Crippen LogP contribution is -2.44. The van der Waals surface area contributed by atoms with Gasteiger partial charge in [0.15, 0.2) is 6.61 Å². The molecule has 0 radical (unpaired) electrons. The highest BCUT2D eigenvalue weighted by Gasteiger charge is 2.41. The second-order valence-corrected chi connectivity index (χ2v) is 11.9. The fourth-order valence-electron chi connectivity index (χ4n) is 5.99. The molecule has 1 saturated carbocycles. The van der Waals surface area contributed by atoms with Gasteiger partial charge in [0, 0.05) is 23.4 Å². The van der Waals surface area contributed by atoms with E-state index in [1.807, 2.05) is 19.1 Å². The van der Waals surface area contributed by atoms with E-state index >= 15 is 0 Å². The Hall–Kier alpha value is -2.97. The second kappa shape index (κ2) is 11.9. The van der Waals surface area contributed by atoms with E-state index in [1.54, 1.807) is 31.0 Å². The monoisotopic (exact) mass is 569 g/mol. The molecule has 0 aromatic heterocycles. The molecule has 1 aliphatic heterocycles. The summed E-state index contributed by atoms with van der Waals surface area (Å²) in [6.45, 7) is 5.63. The standard InChI is InChI=1S/C32H34F3NO3S/c1-3-38-30(37)20-39-29-14-12-27(17-22(29)2)40-36-19-25-18-24(23-7-10-26(11-8-23)32(33,34)35)9-13-28(25)31(21-36)15-5-4-6-16-31/h7-14,17-18H,3-6,15-16,19-21H2,1-2H3. The summed E-state index contributed by atoms with van der Waals surface area (Å²) in [4.78, 5) is 12.8. The number of alkyl halides is 3. The van der Waals surface area contributed by atoms with Crippen LogP contribution in [-0.4, -0.2) is 30.0 Å². The number of carbonyl (C=O) groups excluding carboxylic acids is 1. The van der Waals surface area contributed by atoms with Crippen LogP contribution in [0.5, 0.6) is 5.75 Å². The lowest BCUT2D eigenvalue weighted by atomic mass is 9.66. The van der Waals surface area contributed by atoms with Crippen molar-refractivity contribution >= 4 is 17.9 Å². The summed E-state index contributed by atoms with van der Waals surface area (Å²) >= 11 is 1.72. The summed E-state index contributed by atoms with van der Waals surface area (Å²) in [5.41, 5.74) is 4.74. The second-order valence-electron chi connectivity index (χ2n) is 10.7. The molecule has 3 aromatic carbocycles. The summed E-state index contributed by atoms with van der Waals surface area (Å²) < 4.78 is 52.3. The maximum atomic E-state index is 13.1. The highest BCUT2D eigenvalue weighted by atomic mass is 32.2. The van der Waals surface area contributed by atoms with Gasteiger partial charge in [-0.15, -0.1) is 0 Å². The third kappa shape index (κ3) is 6.33. The molecule has 8 heteroatoms. The first-order chi connectivity index (χ1) is 19.2. The number of rotatable bonds is 7. The van der Waals surface area contributed by atoms with Crippen LogP contribution in [0.1, 0.15) is 61.3 Å². The average molecular weight is 570 g/mol. The van der Waals surface area contributed by atoms with Crippen LogP contribution in [0.4, 0.5) is 13.2 Å². The van der Waals surface area contributed by atoms with Crippen molar-refractivity contribution in [3.63, 3.8) is 0 Å². The first-order valence-corrected chi connectivity index (χ1v) is 14.6. The number of esters is 1. The van der Waals surface area contributed by atoms with Crippen molar-refractivity contribution in [1.29, 1.82) is 0 Å². The Labute approximate surface area is 238 Å².